The Bertz CT molecular complexity index is 337. The zero-order chi connectivity index (χ0) is 10.7. The number of carboxylic acid groups (broad SMARTS) is 1. The van der Waals surface area contributed by atoms with Gasteiger partial charge < -0.3 is 15.2 Å². The summed E-state index contributed by atoms with van der Waals surface area (Å²) in [5, 5.41) is 13.9. The molecule has 1 aliphatic rings. The summed E-state index contributed by atoms with van der Waals surface area (Å²) in [7, 11) is 0. The van der Waals surface area contributed by atoms with Crippen LogP contribution in [0.25, 0.3) is 0 Å². The van der Waals surface area contributed by atoms with E-state index >= 15 is 0 Å². The lowest BCUT2D eigenvalue weighted by Gasteiger charge is -2.31. The molecule has 1 aromatic rings. The monoisotopic (exact) mass is 204 g/mol. The molecule has 2 atom stereocenters. The zero-order valence-corrected chi connectivity index (χ0v) is 8.48. The molecule has 2 rings (SSSR count). The van der Waals surface area contributed by atoms with Crippen LogP contribution in [0, 0.1) is 0 Å². The number of carboxylic acids is 1. The Morgan fingerprint density at radius 3 is 2.67 bits per heavy atom. The third kappa shape index (κ3) is 2.36. The molecule has 0 aromatic heterocycles. The first kappa shape index (κ1) is 10.2. The van der Waals surface area contributed by atoms with Gasteiger partial charge in [0.25, 0.3) is 0 Å². The maximum absolute atomic E-state index is 10.8. The van der Waals surface area contributed by atoms with Gasteiger partial charge in [0.05, 0.1) is 5.97 Å². The standard InChI is InChI=1S/C12H15NO2/c14-12(15)11-8-4-7-10(13-11)9-5-2-1-3-6-9/h1-3,5-6,10-11,13H,4,7-8H2,(H,14,15)/p-1. The van der Waals surface area contributed by atoms with Gasteiger partial charge >= 0.3 is 0 Å². The van der Waals surface area contributed by atoms with Gasteiger partial charge in [0.2, 0.25) is 0 Å². The second-order valence-corrected chi connectivity index (χ2v) is 3.93. The van der Waals surface area contributed by atoms with Crippen molar-refractivity contribution in [3.63, 3.8) is 0 Å². The smallest absolute Gasteiger partial charge is 0.0584 e. The molecular weight excluding hydrogens is 190 g/mol. The summed E-state index contributed by atoms with van der Waals surface area (Å²) in [5.74, 6) is -0.990. The number of rotatable bonds is 2. The van der Waals surface area contributed by atoms with E-state index in [0.29, 0.717) is 6.42 Å². The highest BCUT2D eigenvalue weighted by atomic mass is 16.4. The zero-order valence-electron chi connectivity index (χ0n) is 8.48. The first-order valence-electron chi connectivity index (χ1n) is 5.29. The van der Waals surface area contributed by atoms with Gasteiger partial charge in [-0.1, -0.05) is 30.3 Å². The van der Waals surface area contributed by atoms with E-state index in [0.717, 1.165) is 18.4 Å². The quantitative estimate of drug-likeness (QED) is 0.768. The number of carbonyl (C=O) groups excluding carboxylic acids is 1. The molecule has 0 amide bonds. The van der Waals surface area contributed by atoms with Crippen LogP contribution < -0.4 is 10.4 Å². The van der Waals surface area contributed by atoms with Gasteiger partial charge in [-0.25, -0.2) is 0 Å². The molecule has 1 fully saturated rings. The summed E-state index contributed by atoms with van der Waals surface area (Å²) in [6.45, 7) is 0. The van der Waals surface area contributed by atoms with E-state index in [2.05, 4.69) is 5.32 Å². The third-order valence-electron chi connectivity index (χ3n) is 2.87. The van der Waals surface area contributed by atoms with Gasteiger partial charge in [0.15, 0.2) is 0 Å². The lowest BCUT2D eigenvalue weighted by Crippen LogP contribution is -2.48. The van der Waals surface area contributed by atoms with E-state index in [1.165, 1.54) is 0 Å². The summed E-state index contributed by atoms with van der Waals surface area (Å²) < 4.78 is 0. The normalized spacial score (nSPS) is 26.1. The maximum atomic E-state index is 10.8. The van der Waals surface area contributed by atoms with Crippen molar-refractivity contribution in [2.45, 2.75) is 31.3 Å². The first-order valence-corrected chi connectivity index (χ1v) is 5.29. The molecule has 1 N–H and O–H groups in total. The number of carbonyl (C=O) groups is 1. The van der Waals surface area contributed by atoms with Crippen LogP contribution in [0.5, 0.6) is 0 Å². The summed E-state index contributed by atoms with van der Waals surface area (Å²) in [6, 6.07) is 9.61. The summed E-state index contributed by atoms with van der Waals surface area (Å²) in [6.07, 6.45) is 2.60. The van der Waals surface area contributed by atoms with E-state index in [1.807, 2.05) is 30.3 Å². The molecule has 0 saturated carbocycles. The van der Waals surface area contributed by atoms with Gasteiger partial charge in [-0.15, -0.1) is 0 Å². The van der Waals surface area contributed by atoms with E-state index < -0.39 is 12.0 Å². The van der Waals surface area contributed by atoms with E-state index in [4.69, 9.17) is 0 Å². The van der Waals surface area contributed by atoms with E-state index in [-0.39, 0.29) is 6.04 Å². The molecule has 0 spiro atoms. The van der Waals surface area contributed by atoms with Crippen molar-refractivity contribution in [1.29, 1.82) is 0 Å². The van der Waals surface area contributed by atoms with Gasteiger partial charge in [-0.05, 0) is 24.8 Å². The van der Waals surface area contributed by atoms with Crippen molar-refractivity contribution in [3.8, 4) is 0 Å². The topological polar surface area (TPSA) is 52.2 Å². The van der Waals surface area contributed by atoms with Crippen molar-refractivity contribution >= 4 is 5.97 Å². The minimum absolute atomic E-state index is 0.155. The van der Waals surface area contributed by atoms with Gasteiger partial charge in [-0.3, -0.25) is 0 Å². The molecule has 3 heteroatoms. The molecule has 15 heavy (non-hydrogen) atoms. The van der Waals surface area contributed by atoms with Crippen molar-refractivity contribution < 1.29 is 9.90 Å². The van der Waals surface area contributed by atoms with Crippen molar-refractivity contribution in [2.75, 3.05) is 0 Å². The lowest BCUT2D eigenvalue weighted by molar-refractivity contribution is -0.309. The minimum Gasteiger partial charge on any atom is -0.548 e. The van der Waals surface area contributed by atoms with Crippen LogP contribution in [0.2, 0.25) is 0 Å². The van der Waals surface area contributed by atoms with E-state index in [9.17, 15) is 9.90 Å². The largest absolute Gasteiger partial charge is 0.548 e. The Hall–Kier alpha value is -1.35. The van der Waals surface area contributed by atoms with Gasteiger partial charge in [0.1, 0.15) is 0 Å². The molecule has 0 bridgehead atoms. The highest BCUT2D eigenvalue weighted by molar-refractivity contribution is 5.71. The molecule has 1 aromatic carbocycles. The van der Waals surface area contributed by atoms with Crippen LogP contribution in [-0.2, 0) is 4.79 Å². The number of hydrogen-bond donors (Lipinski definition) is 1. The second kappa shape index (κ2) is 4.45. The number of nitrogens with one attached hydrogen (secondary N) is 1. The summed E-state index contributed by atoms with van der Waals surface area (Å²) >= 11 is 0. The van der Waals surface area contributed by atoms with E-state index in [1.54, 1.807) is 0 Å². The Balaban J connectivity index is 2.08. The predicted molar refractivity (Wildman–Crippen MR) is 55.0 cm³/mol. The molecule has 2 unspecified atom stereocenters. The Labute approximate surface area is 89.1 Å². The minimum atomic E-state index is -0.990. The first-order chi connectivity index (χ1) is 7.27. The SMILES string of the molecule is O=C([O-])C1CCCC(c2ccccc2)N1. The van der Waals surface area contributed by atoms with Crippen molar-refractivity contribution in [3.05, 3.63) is 35.9 Å². The fourth-order valence-electron chi connectivity index (χ4n) is 2.07. The van der Waals surface area contributed by atoms with Crippen LogP contribution in [0.15, 0.2) is 30.3 Å². The molecule has 1 heterocycles. The fraction of sp³-hybridized carbons (Fsp3) is 0.417. The van der Waals surface area contributed by atoms with Crippen LogP contribution >= 0.6 is 0 Å². The molecule has 0 aliphatic carbocycles. The van der Waals surface area contributed by atoms with Crippen LogP contribution in [-0.4, -0.2) is 12.0 Å². The average Bonchev–Trinajstić information content (AvgIpc) is 2.30. The van der Waals surface area contributed by atoms with Crippen LogP contribution in [0.4, 0.5) is 0 Å². The summed E-state index contributed by atoms with van der Waals surface area (Å²) in [5.41, 5.74) is 1.16. The summed E-state index contributed by atoms with van der Waals surface area (Å²) in [4.78, 5) is 10.8. The van der Waals surface area contributed by atoms with Gasteiger partial charge in [0, 0.05) is 12.1 Å². The van der Waals surface area contributed by atoms with Gasteiger partial charge in [-0.2, -0.15) is 0 Å². The van der Waals surface area contributed by atoms with Crippen molar-refractivity contribution in [1.82, 2.24) is 5.32 Å². The fourth-order valence-corrected chi connectivity index (χ4v) is 2.07. The Kier molecular flexibility index (Phi) is 3.02. The lowest BCUT2D eigenvalue weighted by atomic mass is 9.93. The highest BCUT2D eigenvalue weighted by Gasteiger charge is 2.22. The number of piperidine rings is 1. The molecular formula is C12H14NO2-. The molecule has 1 saturated heterocycles. The molecule has 0 radical (unpaired) electrons. The van der Waals surface area contributed by atoms with Crippen LogP contribution in [0.3, 0.4) is 0 Å². The molecule has 80 valence electrons. The second-order valence-electron chi connectivity index (χ2n) is 3.93. The maximum Gasteiger partial charge on any atom is 0.0584 e. The van der Waals surface area contributed by atoms with Crippen molar-refractivity contribution in [2.24, 2.45) is 0 Å². The predicted octanol–water partition coefficient (Wildman–Crippen LogP) is 0.620. The third-order valence-corrected chi connectivity index (χ3v) is 2.87. The molecule has 3 nitrogen and oxygen atoms in total. The highest BCUT2D eigenvalue weighted by Crippen LogP contribution is 2.24. The molecule has 1 aliphatic heterocycles. The van der Waals surface area contributed by atoms with Crippen LogP contribution in [0.1, 0.15) is 30.9 Å². The number of hydrogen-bond acceptors (Lipinski definition) is 3. The Morgan fingerprint density at radius 2 is 2.00 bits per heavy atom. The number of benzene rings is 1. The number of aliphatic carboxylic acids is 1. The average molecular weight is 204 g/mol. The Morgan fingerprint density at radius 1 is 1.27 bits per heavy atom.